The monoisotopic (exact) mass is 449 g/mol. The summed E-state index contributed by atoms with van der Waals surface area (Å²) in [6, 6.07) is 18.3. The van der Waals surface area contributed by atoms with E-state index in [1.165, 1.54) is 18.2 Å². The fourth-order valence-corrected chi connectivity index (χ4v) is 4.11. The van der Waals surface area contributed by atoms with Crippen molar-refractivity contribution in [3.8, 4) is 11.1 Å². The molecule has 0 bridgehead atoms. The first-order valence-corrected chi connectivity index (χ1v) is 10.4. The quantitative estimate of drug-likeness (QED) is 0.272. The molecule has 0 aliphatic carbocycles. The van der Waals surface area contributed by atoms with Crippen LogP contribution in [0.25, 0.3) is 11.1 Å². The minimum absolute atomic E-state index is 0.133. The van der Waals surface area contributed by atoms with Crippen molar-refractivity contribution in [1.29, 1.82) is 0 Å². The Bertz CT molecular complexity index is 1060. The Labute approximate surface area is 177 Å². The Morgan fingerprint density at radius 3 is 2.17 bits per heavy atom. The molecular weight excluding hydrogens is 433 g/mol. The minimum atomic E-state index is -4.30. The Hall–Kier alpha value is -2.37. The number of ether oxygens (including phenoxy) is 1. The van der Waals surface area contributed by atoms with Crippen LogP contribution in [-0.4, -0.2) is 18.0 Å². The molecule has 0 saturated heterocycles. The van der Waals surface area contributed by atoms with E-state index < -0.39 is 5.51 Å². The van der Waals surface area contributed by atoms with Crippen LogP contribution in [0.15, 0.2) is 76.6 Å². The van der Waals surface area contributed by atoms with E-state index in [9.17, 15) is 17.6 Å². The van der Waals surface area contributed by atoms with Crippen molar-refractivity contribution in [2.24, 2.45) is 4.99 Å². The smallest absolute Gasteiger partial charge is 0.446 e. The minimum Gasteiger partial charge on any atom is -0.475 e. The summed E-state index contributed by atoms with van der Waals surface area (Å²) in [4.78, 5) is 4.68. The number of benzene rings is 3. The van der Waals surface area contributed by atoms with E-state index in [0.717, 1.165) is 16.7 Å². The molecule has 1 aliphatic heterocycles. The van der Waals surface area contributed by atoms with Crippen LogP contribution in [0.4, 0.5) is 17.6 Å². The lowest BCUT2D eigenvalue weighted by molar-refractivity contribution is -0.0328. The van der Waals surface area contributed by atoms with E-state index >= 15 is 0 Å². The van der Waals surface area contributed by atoms with Gasteiger partial charge in [0.2, 0.25) is 5.90 Å². The Morgan fingerprint density at radius 1 is 0.933 bits per heavy atom. The summed E-state index contributed by atoms with van der Waals surface area (Å²) >= 11 is -0.133. The van der Waals surface area contributed by atoms with Crippen molar-refractivity contribution >= 4 is 32.2 Å². The average Bonchev–Trinajstić information content (AvgIpc) is 3.17. The number of hydrogen-bond donors (Lipinski definition) is 0. The van der Waals surface area contributed by atoms with Gasteiger partial charge in [-0.3, -0.25) is 0 Å². The van der Waals surface area contributed by atoms with Gasteiger partial charge in [0.05, 0.1) is 5.56 Å². The molecule has 0 amide bonds. The molecule has 1 heterocycles. The summed E-state index contributed by atoms with van der Waals surface area (Å²) in [7, 11) is 2.48. The van der Waals surface area contributed by atoms with E-state index in [4.69, 9.17) is 4.74 Å². The van der Waals surface area contributed by atoms with Gasteiger partial charge in [0, 0.05) is 4.90 Å². The molecule has 0 N–H and O–H groups in total. The van der Waals surface area contributed by atoms with Crippen LogP contribution in [-0.2, 0) is 4.74 Å². The molecule has 0 aromatic heterocycles. The fourth-order valence-electron chi connectivity index (χ4n) is 3.19. The number of thioether (sulfide) groups is 1. The maximum atomic E-state index is 14.2. The van der Waals surface area contributed by atoms with E-state index in [0.29, 0.717) is 17.5 Å². The number of aliphatic imine (C=N–C) groups is 1. The summed E-state index contributed by atoms with van der Waals surface area (Å²) in [5.41, 5.74) is -1.34. The van der Waals surface area contributed by atoms with Gasteiger partial charge in [-0.1, -0.05) is 48.5 Å². The third kappa shape index (κ3) is 4.68. The summed E-state index contributed by atoms with van der Waals surface area (Å²) in [5.74, 6) is -0.102. The molecule has 8 heteroatoms. The highest BCUT2D eigenvalue weighted by atomic mass is 32.2. The third-order valence-corrected chi connectivity index (χ3v) is 5.85. The van der Waals surface area contributed by atoms with Crippen LogP contribution >= 0.6 is 21.0 Å². The van der Waals surface area contributed by atoms with Crippen LogP contribution in [0.2, 0.25) is 0 Å². The topological polar surface area (TPSA) is 21.6 Å². The first kappa shape index (κ1) is 20.9. The Balaban J connectivity index is 1.51. The maximum absolute atomic E-state index is 14.2. The second-order valence-electron chi connectivity index (χ2n) is 6.66. The summed E-state index contributed by atoms with van der Waals surface area (Å²) in [6.07, 6.45) is 0. The zero-order chi connectivity index (χ0) is 21.3. The van der Waals surface area contributed by atoms with Gasteiger partial charge in [-0.05, 0) is 52.0 Å². The summed E-state index contributed by atoms with van der Waals surface area (Å²) < 4.78 is 57.2. The van der Waals surface area contributed by atoms with Crippen molar-refractivity contribution < 1.29 is 22.3 Å². The fraction of sp³-hybridized carbons (Fsp3) is 0.136. The molecular formula is C22H16F4NOPS. The average molecular weight is 449 g/mol. The highest BCUT2D eigenvalue weighted by Crippen LogP contribution is 2.37. The lowest BCUT2D eigenvalue weighted by Crippen LogP contribution is -2.13. The van der Waals surface area contributed by atoms with Gasteiger partial charge in [-0.25, -0.2) is 9.38 Å². The molecule has 30 heavy (non-hydrogen) atoms. The van der Waals surface area contributed by atoms with Gasteiger partial charge < -0.3 is 4.74 Å². The lowest BCUT2D eigenvalue weighted by Gasteiger charge is -2.09. The first-order chi connectivity index (χ1) is 14.3. The van der Waals surface area contributed by atoms with Crippen molar-refractivity contribution in [3.63, 3.8) is 0 Å². The van der Waals surface area contributed by atoms with Crippen molar-refractivity contribution in [1.82, 2.24) is 0 Å². The number of rotatable bonds is 4. The first-order valence-electron chi connectivity index (χ1n) is 9.01. The largest absolute Gasteiger partial charge is 0.475 e. The molecule has 2 atom stereocenters. The second-order valence-corrected chi connectivity index (χ2v) is 8.42. The van der Waals surface area contributed by atoms with Crippen molar-refractivity contribution in [2.75, 3.05) is 6.61 Å². The molecule has 0 fully saturated rings. The highest BCUT2D eigenvalue weighted by Gasteiger charge is 2.29. The molecule has 0 spiro atoms. The maximum Gasteiger partial charge on any atom is 0.446 e. The molecule has 3 aromatic carbocycles. The molecule has 154 valence electrons. The molecule has 2 unspecified atom stereocenters. The Morgan fingerprint density at radius 2 is 1.57 bits per heavy atom. The Kier molecular flexibility index (Phi) is 5.85. The van der Waals surface area contributed by atoms with Gasteiger partial charge in [-0.2, -0.15) is 13.2 Å². The highest BCUT2D eigenvalue weighted by molar-refractivity contribution is 8.00. The number of hydrogen-bond acceptors (Lipinski definition) is 3. The number of halogens is 4. The zero-order valence-corrected chi connectivity index (χ0v) is 17.5. The van der Waals surface area contributed by atoms with Crippen LogP contribution in [0.1, 0.15) is 17.2 Å². The molecule has 2 nitrogen and oxygen atoms in total. The molecule has 0 radical (unpaired) electrons. The van der Waals surface area contributed by atoms with Crippen LogP contribution in [0.5, 0.6) is 0 Å². The molecule has 1 aliphatic rings. The van der Waals surface area contributed by atoms with E-state index in [1.807, 2.05) is 24.3 Å². The number of nitrogens with zero attached hydrogens (tertiary/aromatic N) is 1. The van der Waals surface area contributed by atoms with Crippen LogP contribution in [0.3, 0.4) is 0 Å². The normalized spacial score (nSPS) is 16.3. The summed E-state index contributed by atoms with van der Waals surface area (Å²) in [6.45, 7) is 0.316. The van der Waals surface area contributed by atoms with Gasteiger partial charge in [0.25, 0.3) is 0 Å². The van der Waals surface area contributed by atoms with Crippen molar-refractivity contribution in [2.45, 2.75) is 16.4 Å². The molecule has 4 rings (SSSR count). The predicted octanol–water partition coefficient (Wildman–Crippen LogP) is 6.12. The van der Waals surface area contributed by atoms with E-state index in [1.54, 1.807) is 24.3 Å². The number of alkyl halides is 3. The van der Waals surface area contributed by atoms with Crippen LogP contribution < -0.4 is 5.30 Å². The predicted molar refractivity (Wildman–Crippen MR) is 115 cm³/mol. The third-order valence-electron chi connectivity index (χ3n) is 4.63. The zero-order valence-electron chi connectivity index (χ0n) is 15.5. The van der Waals surface area contributed by atoms with Crippen molar-refractivity contribution in [3.05, 3.63) is 83.7 Å². The second kappa shape index (κ2) is 8.40. The molecule has 3 aromatic rings. The van der Waals surface area contributed by atoms with Gasteiger partial charge >= 0.3 is 5.51 Å². The standard InChI is InChI=1S/C22H16F4NOPS/c23-17-2-1-3-19(29)20(17)21-27-18(12-28-21)15-6-4-13(5-7-15)14-8-10-16(11-9-14)30-22(24,25)26/h1-11,18H,12,29H2. The van der Waals surface area contributed by atoms with Gasteiger partial charge in [0.1, 0.15) is 18.5 Å². The van der Waals surface area contributed by atoms with E-state index in [-0.39, 0.29) is 34.4 Å². The van der Waals surface area contributed by atoms with Crippen LogP contribution in [0, 0.1) is 5.82 Å². The van der Waals surface area contributed by atoms with Gasteiger partial charge in [0.15, 0.2) is 0 Å². The lowest BCUT2D eigenvalue weighted by atomic mass is 10.0. The summed E-state index contributed by atoms with van der Waals surface area (Å²) in [5, 5.41) is 0.678. The molecule has 0 saturated carbocycles. The SMILES string of the molecule is Fc1cccc(P)c1C1=NC(c2ccc(-c3ccc(SC(F)(F)F)cc3)cc2)CO1. The van der Waals surface area contributed by atoms with E-state index in [2.05, 4.69) is 14.2 Å². The van der Waals surface area contributed by atoms with Gasteiger partial charge in [-0.15, -0.1) is 9.24 Å².